The van der Waals surface area contributed by atoms with Crippen LogP contribution in [0.4, 0.5) is 0 Å². The minimum atomic E-state index is -0.262. The molecule has 2 aliphatic carbocycles. The van der Waals surface area contributed by atoms with E-state index >= 15 is 0 Å². The van der Waals surface area contributed by atoms with E-state index in [1.54, 1.807) is 0 Å². The summed E-state index contributed by atoms with van der Waals surface area (Å²) in [6.07, 6.45) is 2.74. The second-order valence-electron chi connectivity index (χ2n) is 4.20. The Morgan fingerprint density at radius 1 is 1.17 bits per heavy atom. The molecule has 3 atom stereocenters. The summed E-state index contributed by atoms with van der Waals surface area (Å²) < 4.78 is 11.2. The molecular weight excluding hydrogens is 156 g/mol. The Hall–Kier alpha value is -0.120. The van der Waals surface area contributed by atoms with Gasteiger partial charge < -0.3 is 14.6 Å². The minimum absolute atomic E-state index is 0.104. The molecule has 3 aliphatic rings. The maximum Gasteiger partial charge on any atom is 0.171 e. The van der Waals surface area contributed by atoms with Crippen LogP contribution >= 0.6 is 0 Å². The molecule has 3 nitrogen and oxygen atoms in total. The molecule has 0 aromatic rings. The zero-order chi connectivity index (χ0) is 8.18. The van der Waals surface area contributed by atoms with Gasteiger partial charge in [0.2, 0.25) is 0 Å². The average molecular weight is 170 g/mol. The first-order valence-electron chi connectivity index (χ1n) is 4.76. The molecular formula is C9H14O3. The van der Waals surface area contributed by atoms with Crippen molar-refractivity contribution in [3.63, 3.8) is 0 Å². The normalized spacial score (nSPS) is 49.2. The topological polar surface area (TPSA) is 38.7 Å². The minimum Gasteiger partial charge on any atom is -0.393 e. The molecule has 1 heterocycles. The third-order valence-electron chi connectivity index (χ3n) is 3.56. The molecule has 0 bridgehead atoms. The molecule has 68 valence electrons. The van der Waals surface area contributed by atoms with Gasteiger partial charge in [-0.3, -0.25) is 0 Å². The molecule has 0 aromatic heterocycles. The Labute approximate surface area is 71.7 Å². The van der Waals surface area contributed by atoms with Crippen LogP contribution in [0.1, 0.15) is 19.3 Å². The lowest BCUT2D eigenvalue weighted by Crippen LogP contribution is -2.52. The molecule has 1 N–H and O–H groups in total. The van der Waals surface area contributed by atoms with Crippen LogP contribution < -0.4 is 0 Å². The summed E-state index contributed by atoms with van der Waals surface area (Å²) in [6, 6.07) is 0. The molecule has 2 saturated carbocycles. The maximum atomic E-state index is 9.44. The van der Waals surface area contributed by atoms with Crippen LogP contribution in [0, 0.1) is 11.8 Å². The van der Waals surface area contributed by atoms with Gasteiger partial charge in [0.1, 0.15) is 0 Å². The van der Waals surface area contributed by atoms with Gasteiger partial charge in [-0.1, -0.05) is 0 Å². The molecule has 3 rings (SSSR count). The van der Waals surface area contributed by atoms with Crippen LogP contribution in [-0.4, -0.2) is 30.2 Å². The summed E-state index contributed by atoms with van der Waals surface area (Å²) in [5.74, 6) is 0.885. The van der Waals surface area contributed by atoms with Gasteiger partial charge in [0.05, 0.1) is 19.3 Å². The molecule has 3 fully saturated rings. The Kier molecular flexibility index (Phi) is 1.35. The molecule has 0 unspecified atom stereocenters. The summed E-state index contributed by atoms with van der Waals surface area (Å²) in [6.45, 7) is 1.47. The van der Waals surface area contributed by atoms with Crippen LogP contribution in [0.2, 0.25) is 0 Å². The summed E-state index contributed by atoms with van der Waals surface area (Å²) in [5.41, 5.74) is 0. The van der Waals surface area contributed by atoms with E-state index in [4.69, 9.17) is 9.47 Å². The first kappa shape index (κ1) is 7.30. The Morgan fingerprint density at radius 2 is 1.92 bits per heavy atom. The second-order valence-corrected chi connectivity index (χ2v) is 4.20. The predicted molar refractivity (Wildman–Crippen MR) is 41.5 cm³/mol. The van der Waals surface area contributed by atoms with Crippen molar-refractivity contribution in [2.45, 2.75) is 31.2 Å². The van der Waals surface area contributed by atoms with Crippen LogP contribution in [0.3, 0.4) is 0 Å². The predicted octanol–water partition coefficient (Wildman–Crippen LogP) is 0.520. The summed E-state index contributed by atoms with van der Waals surface area (Å²) in [5, 5.41) is 9.44. The van der Waals surface area contributed by atoms with Crippen molar-refractivity contribution in [2.75, 3.05) is 13.2 Å². The van der Waals surface area contributed by atoms with E-state index in [0.717, 1.165) is 32.5 Å². The first-order chi connectivity index (χ1) is 5.80. The van der Waals surface area contributed by atoms with E-state index in [0.29, 0.717) is 11.8 Å². The highest BCUT2D eigenvalue weighted by molar-refractivity contribution is 5.04. The van der Waals surface area contributed by atoms with Gasteiger partial charge in [-0.05, 0) is 18.8 Å². The summed E-state index contributed by atoms with van der Waals surface area (Å²) in [4.78, 5) is 0. The lowest BCUT2D eigenvalue weighted by Gasteiger charge is -2.47. The van der Waals surface area contributed by atoms with Crippen molar-refractivity contribution in [2.24, 2.45) is 11.8 Å². The van der Waals surface area contributed by atoms with E-state index in [9.17, 15) is 5.11 Å². The highest BCUT2D eigenvalue weighted by Crippen LogP contribution is 2.57. The van der Waals surface area contributed by atoms with Crippen LogP contribution in [0.5, 0.6) is 0 Å². The Bertz CT molecular complexity index is 198. The molecule has 0 aromatic carbocycles. The van der Waals surface area contributed by atoms with Gasteiger partial charge in [-0.2, -0.15) is 0 Å². The lowest BCUT2D eigenvalue weighted by atomic mass is 9.70. The first-order valence-corrected chi connectivity index (χ1v) is 4.76. The molecule has 1 aliphatic heterocycles. The van der Waals surface area contributed by atoms with Gasteiger partial charge >= 0.3 is 0 Å². The van der Waals surface area contributed by atoms with Gasteiger partial charge in [0.15, 0.2) is 5.79 Å². The highest BCUT2D eigenvalue weighted by Gasteiger charge is 2.61. The van der Waals surface area contributed by atoms with Gasteiger partial charge in [-0.15, -0.1) is 0 Å². The van der Waals surface area contributed by atoms with Crippen molar-refractivity contribution in [1.82, 2.24) is 0 Å². The molecule has 1 spiro atoms. The van der Waals surface area contributed by atoms with E-state index in [2.05, 4.69) is 0 Å². The smallest absolute Gasteiger partial charge is 0.171 e. The van der Waals surface area contributed by atoms with Gasteiger partial charge in [-0.25, -0.2) is 0 Å². The van der Waals surface area contributed by atoms with Crippen molar-refractivity contribution in [3.05, 3.63) is 0 Å². The standard InChI is InChI=1S/C9H14O3/c10-7-3-6-5-9(8(6)4-7)11-1-2-12-9/h6-8,10H,1-5H2/t6-,7-,8-/m1/s1. The number of aliphatic hydroxyl groups excluding tert-OH is 1. The number of hydrogen-bond donors (Lipinski definition) is 1. The third kappa shape index (κ3) is 0.767. The zero-order valence-electron chi connectivity index (χ0n) is 7.03. The molecule has 0 amide bonds. The second kappa shape index (κ2) is 2.22. The zero-order valence-corrected chi connectivity index (χ0v) is 7.03. The molecule has 1 saturated heterocycles. The van der Waals surface area contributed by atoms with Crippen LogP contribution in [-0.2, 0) is 9.47 Å². The number of aliphatic hydroxyl groups is 1. The van der Waals surface area contributed by atoms with Gasteiger partial charge in [0, 0.05) is 12.3 Å². The fraction of sp³-hybridized carbons (Fsp3) is 1.00. The quantitative estimate of drug-likeness (QED) is 0.576. The van der Waals surface area contributed by atoms with E-state index in [-0.39, 0.29) is 11.9 Å². The fourth-order valence-corrected chi connectivity index (χ4v) is 3.02. The van der Waals surface area contributed by atoms with E-state index < -0.39 is 0 Å². The largest absolute Gasteiger partial charge is 0.393 e. The maximum absolute atomic E-state index is 9.44. The van der Waals surface area contributed by atoms with Crippen LogP contribution in [0.15, 0.2) is 0 Å². The van der Waals surface area contributed by atoms with Crippen molar-refractivity contribution in [3.8, 4) is 0 Å². The number of fused-ring (bicyclic) bond motifs is 2. The highest BCUT2D eigenvalue weighted by atomic mass is 16.7. The average Bonchev–Trinajstić information content (AvgIpc) is 2.57. The number of rotatable bonds is 0. The summed E-state index contributed by atoms with van der Waals surface area (Å²) >= 11 is 0. The fourth-order valence-electron chi connectivity index (χ4n) is 3.02. The van der Waals surface area contributed by atoms with Crippen molar-refractivity contribution < 1.29 is 14.6 Å². The van der Waals surface area contributed by atoms with Crippen molar-refractivity contribution >= 4 is 0 Å². The number of hydrogen-bond acceptors (Lipinski definition) is 3. The van der Waals surface area contributed by atoms with Crippen LogP contribution in [0.25, 0.3) is 0 Å². The SMILES string of the molecule is O[C@@H]1C[C@@H]2CC3(OCCO3)[C@@H]2C1. The summed E-state index contributed by atoms with van der Waals surface area (Å²) in [7, 11) is 0. The number of ether oxygens (including phenoxy) is 2. The Balaban J connectivity index is 1.78. The van der Waals surface area contributed by atoms with Crippen molar-refractivity contribution in [1.29, 1.82) is 0 Å². The third-order valence-corrected chi connectivity index (χ3v) is 3.56. The molecule has 3 heteroatoms. The Morgan fingerprint density at radius 3 is 2.58 bits per heavy atom. The molecule has 0 radical (unpaired) electrons. The van der Waals surface area contributed by atoms with Gasteiger partial charge in [0.25, 0.3) is 0 Å². The van der Waals surface area contributed by atoms with E-state index in [1.807, 2.05) is 0 Å². The lowest BCUT2D eigenvalue weighted by molar-refractivity contribution is -0.267. The van der Waals surface area contributed by atoms with E-state index in [1.165, 1.54) is 0 Å². The monoisotopic (exact) mass is 170 g/mol. The molecule has 12 heavy (non-hydrogen) atoms.